The molecule has 0 amide bonds. The van der Waals surface area contributed by atoms with E-state index in [1.54, 1.807) is 18.2 Å². The van der Waals surface area contributed by atoms with Crippen LogP contribution in [-0.4, -0.2) is 37.0 Å². The van der Waals surface area contributed by atoms with Gasteiger partial charge in [-0.25, -0.2) is 26.7 Å². The van der Waals surface area contributed by atoms with Crippen molar-refractivity contribution in [3.63, 3.8) is 0 Å². The van der Waals surface area contributed by atoms with Crippen LogP contribution in [-0.2, 0) is 14.6 Å². The molecule has 1 aromatic heterocycles. The van der Waals surface area contributed by atoms with Gasteiger partial charge < -0.3 is 4.74 Å². The van der Waals surface area contributed by atoms with Crippen molar-refractivity contribution in [3.8, 4) is 5.69 Å². The summed E-state index contributed by atoms with van der Waals surface area (Å²) in [5.41, 5.74) is -1.23. The topological polar surface area (TPSA) is 78.3 Å². The second kappa shape index (κ2) is 6.45. The molecule has 0 unspecified atom stereocenters. The van der Waals surface area contributed by atoms with Crippen LogP contribution in [0.4, 0.5) is 8.78 Å². The summed E-state index contributed by atoms with van der Waals surface area (Å²) in [6.45, 7) is 1.49. The van der Waals surface area contributed by atoms with E-state index in [2.05, 4.69) is 5.10 Å². The molecule has 1 aromatic carbocycles. The third-order valence-corrected chi connectivity index (χ3v) is 4.06. The maximum Gasteiger partial charge on any atom is 0.358 e. The van der Waals surface area contributed by atoms with Crippen molar-refractivity contribution in [2.75, 3.05) is 12.9 Å². The Balaban J connectivity index is 2.84. The number of hydrogen-bond donors (Lipinski definition) is 0. The van der Waals surface area contributed by atoms with Gasteiger partial charge in [0.25, 0.3) is 6.43 Å². The van der Waals surface area contributed by atoms with E-state index in [0.29, 0.717) is 0 Å². The van der Waals surface area contributed by atoms with Crippen LogP contribution in [0.15, 0.2) is 35.2 Å². The van der Waals surface area contributed by atoms with E-state index in [4.69, 9.17) is 4.74 Å². The first kappa shape index (κ1) is 17.1. The van der Waals surface area contributed by atoms with Crippen LogP contribution in [0.1, 0.15) is 29.5 Å². The predicted molar refractivity (Wildman–Crippen MR) is 77.6 cm³/mol. The summed E-state index contributed by atoms with van der Waals surface area (Å²) >= 11 is 0. The molecule has 0 aliphatic carbocycles. The Morgan fingerprint density at radius 2 is 1.91 bits per heavy atom. The number of esters is 1. The summed E-state index contributed by atoms with van der Waals surface area (Å²) in [6, 6.07) is 7.92. The highest BCUT2D eigenvalue weighted by Crippen LogP contribution is 2.31. The molecule has 0 aliphatic heterocycles. The van der Waals surface area contributed by atoms with Crippen molar-refractivity contribution in [1.82, 2.24) is 9.78 Å². The highest BCUT2D eigenvalue weighted by molar-refractivity contribution is 7.90. The Hall–Kier alpha value is -2.29. The molecule has 2 aromatic rings. The minimum absolute atomic E-state index is 0.0357. The summed E-state index contributed by atoms with van der Waals surface area (Å²) in [6.07, 6.45) is -2.41. The summed E-state index contributed by atoms with van der Waals surface area (Å²) < 4.78 is 56.0. The van der Waals surface area contributed by atoms with Gasteiger partial charge in [0.2, 0.25) is 0 Å². The standard InChI is InChI=1S/C14H14F2N2O4S/c1-3-22-14(19)11-12(23(2,20)21)10(13(15)16)17-18(11)9-7-5-4-6-8-9/h4-8,13H,3H2,1-2H3. The molecule has 0 bridgehead atoms. The zero-order valence-electron chi connectivity index (χ0n) is 12.4. The lowest BCUT2D eigenvalue weighted by molar-refractivity contribution is 0.0511. The average molecular weight is 344 g/mol. The number of sulfone groups is 1. The van der Waals surface area contributed by atoms with Gasteiger partial charge in [-0.3, -0.25) is 0 Å². The summed E-state index contributed by atoms with van der Waals surface area (Å²) in [5, 5.41) is 3.64. The van der Waals surface area contributed by atoms with E-state index in [1.807, 2.05) is 0 Å². The molecule has 9 heteroatoms. The maximum absolute atomic E-state index is 13.2. The van der Waals surface area contributed by atoms with Gasteiger partial charge in [0.05, 0.1) is 12.3 Å². The Bertz CT molecular complexity index is 817. The highest BCUT2D eigenvalue weighted by Gasteiger charge is 2.35. The van der Waals surface area contributed by atoms with Crippen LogP contribution in [0.25, 0.3) is 5.69 Å². The fraction of sp³-hybridized carbons (Fsp3) is 0.286. The quantitative estimate of drug-likeness (QED) is 0.778. The molecule has 1 heterocycles. The Morgan fingerprint density at radius 3 is 2.39 bits per heavy atom. The Labute approximate surface area is 131 Å². The lowest BCUT2D eigenvalue weighted by atomic mass is 10.3. The second-order valence-corrected chi connectivity index (χ2v) is 6.56. The third-order valence-electron chi connectivity index (χ3n) is 2.91. The minimum Gasteiger partial charge on any atom is -0.461 e. The highest BCUT2D eigenvalue weighted by atomic mass is 32.2. The molecule has 0 atom stereocenters. The predicted octanol–water partition coefficient (Wildman–Crippen LogP) is 2.39. The van der Waals surface area contributed by atoms with E-state index < -0.39 is 38.5 Å². The number of rotatable bonds is 5. The van der Waals surface area contributed by atoms with Gasteiger partial charge >= 0.3 is 5.97 Å². The molecule has 6 nitrogen and oxygen atoms in total. The lowest BCUT2D eigenvalue weighted by Crippen LogP contribution is -2.15. The third kappa shape index (κ3) is 3.39. The van der Waals surface area contributed by atoms with Gasteiger partial charge in [-0.1, -0.05) is 18.2 Å². The maximum atomic E-state index is 13.2. The number of carbonyl (C=O) groups excluding carboxylic acids is 1. The second-order valence-electron chi connectivity index (χ2n) is 4.60. The van der Waals surface area contributed by atoms with E-state index in [1.165, 1.54) is 19.1 Å². The van der Waals surface area contributed by atoms with E-state index >= 15 is 0 Å². The van der Waals surface area contributed by atoms with Gasteiger partial charge in [-0.05, 0) is 19.1 Å². The van der Waals surface area contributed by atoms with Crippen molar-refractivity contribution < 1.29 is 26.7 Å². The number of nitrogens with zero attached hydrogens (tertiary/aromatic N) is 2. The Kier molecular flexibility index (Phi) is 4.79. The van der Waals surface area contributed by atoms with E-state index in [0.717, 1.165) is 10.9 Å². The van der Waals surface area contributed by atoms with Crippen molar-refractivity contribution >= 4 is 15.8 Å². The molecule has 2 rings (SSSR count). The number of ether oxygens (including phenoxy) is 1. The fourth-order valence-corrected chi connectivity index (χ4v) is 3.09. The van der Waals surface area contributed by atoms with Crippen molar-refractivity contribution in [1.29, 1.82) is 0 Å². The summed E-state index contributed by atoms with van der Waals surface area (Å²) in [7, 11) is -4.12. The largest absolute Gasteiger partial charge is 0.461 e. The lowest BCUT2D eigenvalue weighted by Gasteiger charge is -2.08. The van der Waals surface area contributed by atoms with Crippen LogP contribution < -0.4 is 0 Å². The van der Waals surface area contributed by atoms with Crippen LogP contribution in [0.3, 0.4) is 0 Å². The monoisotopic (exact) mass is 344 g/mol. The molecule has 0 N–H and O–H groups in total. The van der Waals surface area contributed by atoms with Crippen molar-refractivity contribution in [2.24, 2.45) is 0 Å². The molecule has 0 fully saturated rings. The zero-order chi connectivity index (χ0) is 17.2. The molecule has 23 heavy (non-hydrogen) atoms. The van der Waals surface area contributed by atoms with Crippen molar-refractivity contribution in [3.05, 3.63) is 41.7 Å². The number of para-hydroxylation sites is 1. The molecule has 0 saturated carbocycles. The van der Waals surface area contributed by atoms with Crippen LogP contribution in [0.5, 0.6) is 0 Å². The first-order valence-corrected chi connectivity index (χ1v) is 8.50. The molecule has 0 saturated heterocycles. The molecule has 0 radical (unpaired) electrons. The van der Waals surface area contributed by atoms with Gasteiger partial charge in [0.15, 0.2) is 15.5 Å². The summed E-state index contributed by atoms with van der Waals surface area (Å²) in [5.74, 6) is -1.03. The summed E-state index contributed by atoms with van der Waals surface area (Å²) in [4.78, 5) is 11.3. The van der Waals surface area contributed by atoms with E-state index in [-0.39, 0.29) is 12.3 Å². The molecule has 0 aliphatic rings. The van der Waals surface area contributed by atoms with Crippen LogP contribution in [0, 0.1) is 0 Å². The number of hydrogen-bond acceptors (Lipinski definition) is 5. The molecular weight excluding hydrogens is 330 g/mol. The molecule has 0 spiro atoms. The number of carbonyl (C=O) groups is 1. The zero-order valence-corrected chi connectivity index (χ0v) is 13.2. The van der Waals surface area contributed by atoms with Gasteiger partial charge in [-0.15, -0.1) is 0 Å². The fourth-order valence-electron chi connectivity index (χ4n) is 2.06. The first-order valence-electron chi connectivity index (χ1n) is 6.61. The van der Waals surface area contributed by atoms with Crippen LogP contribution >= 0.6 is 0 Å². The molecule has 124 valence electrons. The number of benzene rings is 1. The smallest absolute Gasteiger partial charge is 0.358 e. The number of alkyl halides is 2. The van der Waals surface area contributed by atoms with Gasteiger partial charge in [0.1, 0.15) is 10.6 Å². The average Bonchev–Trinajstić information content (AvgIpc) is 2.89. The minimum atomic E-state index is -4.12. The van der Waals surface area contributed by atoms with Gasteiger partial charge in [0, 0.05) is 6.26 Å². The normalized spacial score (nSPS) is 11.7. The van der Waals surface area contributed by atoms with Gasteiger partial charge in [-0.2, -0.15) is 5.10 Å². The Morgan fingerprint density at radius 1 is 1.30 bits per heavy atom. The first-order chi connectivity index (χ1) is 10.8. The number of aromatic nitrogens is 2. The molecular formula is C14H14F2N2O4S. The SMILES string of the molecule is CCOC(=O)c1c(S(C)(=O)=O)c(C(F)F)nn1-c1ccccc1. The van der Waals surface area contributed by atoms with Crippen molar-refractivity contribution in [2.45, 2.75) is 18.2 Å². The van der Waals surface area contributed by atoms with Crippen LogP contribution in [0.2, 0.25) is 0 Å². The van der Waals surface area contributed by atoms with E-state index in [9.17, 15) is 22.0 Å². The number of halogens is 2.